The van der Waals surface area contributed by atoms with Gasteiger partial charge >= 0.3 is 0 Å². The molecule has 0 aromatic rings. The van der Waals surface area contributed by atoms with Gasteiger partial charge in [-0.2, -0.15) is 0 Å². The van der Waals surface area contributed by atoms with E-state index < -0.39 is 0 Å². The predicted molar refractivity (Wildman–Crippen MR) is 50.1 cm³/mol. The Labute approximate surface area is 74.7 Å². The molecule has 72 valence electrons. The van der Waals surface area contributed by atoms with Crippen LogP contribution in [0, 0.1) is 0 Å². The molecular formula is C9H20N2O. The minimum atomic E-state index is -0.187. The molecule has 0 spiro atoms. The van der Waals surface area contributed by atoms with Crippen LogP contribution < -0.4 is 11.1 Å². The van der Waals surface area contributed by atoms with Gasteiger partial charge in [0.1, 0.15) is 0 Å². The average Bonchev–Trinajstić information content (AvgIpc) is 2.09. The normalized spacial score (nSPS) is 39.5. The third-order valence-electron chi connectivity index (χ3n) is 3.00. The van der Waals surface area contributed by atoms with Crippen LogP contribution in [-0.2, 0) is 4.74 Å². The predicted octanol–water partition coefficient (Wildman–Crippen LogP) is 0.491. The highest BCUT2D eigenvalue weighted by Gasteiger charge is 2.39. The number of morpholine rings is 1. The van der Waals surface area contributed by atoms with Crippen LogP contribution >= 0.6 is 0 Å². The SMILES string of the molecule is CCC(N)C1(C)OCCNC1C. The molecule has 0 aromatic heterocycles. The Hall–Kier alpha value is -0.120. The van der Waals surface area contributed by atoms with Crippen molar-refractivity contribution < 1.29 is 4.74 Å². The van der Waals surface area contributed by atoms with Crippen molar-refractivity contribution in [1.82, 2.24) is 5.32 Å². The number of hydrogen-bond donors (Lipinski definition) is 2. The fourth-order valence-electron chi connectivity index (χ4n) is 1.71. The Morgan fingerprint density at radius 3 is 2.92 bits per heavy atom. The van der Waals surface area contributed by atoms with Crippen LogP contribution in [0.15, 0.2) is 0 Å². The van der Waals surface area contributed by atoms with Gasteiger partial charge in [-0.25, -0.2) is 0 Å². The lowest BCUT2D eigenvalue weighted by Gasteiger charge is -2.44. The highest BCUT2D eigenvalue weighted by atomic mass is 16.5. The van der Waals surface area contributed by atoms with Crippen LogP contribution in [0.3, 0.4) is 0 Å². The summed E-state index contributed by atoms with van der Waals surface area (Å²) in [6, 6.07) is 0.474. The molecule has 3 atom stereocenters. The zero-order valence-electron chi connectivity index (χ0n) is 8.26. The second-order valence-electron chi connectivity index (χ2n) is 3.72. The molecule has 0 aliphatic carbocycles. The lowest BCUT2D eigenvalue weighted by molar-refractivity contribution is -0.0955. The average molecular weight is 172 g/mol. The molecule has 0 amide bonds. The van der Waals surface area contributed by atoms with E-state index in [1.54, 1.807) is 0 Å². The van der Waals surface area contributed by atoms with Crippen molar-refractivity contribution in [3.8, 4) is 0 Å². The van der Waals surface area contributed by atoms with Gasteiger partial charge in [0, 0.05) is 18.6 Å². The first-order valence-electron chi connectivity index (χ1n) is 4.74. The molecule has 1 saturated heterocycles. The molecule has 1 aliphatic heterocycles. The first-order chi connectivity index (χ1) is 5.61. The largest absolute Gasteiger partial charge is 0.371 e. The summed E-state index contributed by atoms with van der Waals surface area (Å²) < 4.78 is 5.74. The molecule has 12 heavy (non-hydrogen) atoms. The molecule has 3 N–H and O–H groups in total. The molecule has 0 radical (unpaired) electrons. The van der Waals surface area contributed by atoms with Crippen molar-refractivity contribution in [2.24, 2.45) is 5.73 Å². The quantitative estimate of drug-likeness (QED) is 0.637. The minimum Gasteiger partial charge on any atom is -0.371 e. The highest BCUT2D eigenvalue weighted by Crippen LogP contribution is 2.23. The first kappa shape index (κ1) is 9.96. The molecule has 1 rings (SSSR count). The van der Waals surface area contributed by atoms with Crippen molar-refractivity contribution in [3.63, 3.8) is 0 Å². The summed E-state index contributed by atoms with van der Waals surface area (Å²) in [7, 11) is 0. The maximum absolute atomic E-state index is 6.01. The summed E-state index contributed by atoms with van der Waals surface area (Å²) in [4.78, 5) is 0. The van der Waals surface area contributed by atoms with E-state index >= 15 is 0 Å². The molecule has 1 heterocycles. The van der Waals surface area contributed by atoms with Gasteiger partial charge in [0.25, 0.3) is 0 Å². The molecule has 0 saturated carbocycles. The Kier molecular flexibility index (Phi) is 3.09. The maximum Gasteiger partial charge on any atom is 0.0954 e. The Morgan fingerprint density at radius 1 is 1.75 bits per heavy atom. The van der Waals surface area contributed by atoms with Crippen LogP contribution in [0.1, 0.15) is 27.2 Å². The first-order valence-corrected chi connectivity index (χ1v) is 4.74. The molecule has 0 bridgehead atoms. The Morgan fingerprint density at radius 2 is 2.42 bits per heavy atom. The summed E-state index contributed by atoms with van der Waals surface area (Å²) in [5, 5.41) is 3.38. The van der Waals surface area contributed by atoms with Crippen LogP contribution in [0.5, 0.6) is 0 Å². The third-order valence-corrected chi connectivity index (χ3v) is 3.00. The molecule has 0 aromatic carbocycles. The number of ether oxygens (including phenoxy) is 1. The molecule has 3 heteroatoms. The lowest BCUT2D eigenvalue weighted by atomic mass is 9.87. The Bertz CT molecular complexity index is 145. The van der Waals surface area contributed by atoms with Gasteiger partial charge in [-0.15, -0.1) is 0 Å². The highest BCUT2D eigenvalue weighted by molar-refractivity contribution is 4.97. The summed E-state index contributed by atoms with van der Waals surface area (Å²) >= 11 is 0. The van der Waals surface area contributed by atoms with Crippen LogP contribution in [0.2, 0.25) is 0 Å². The topological polar surface area (TPSA) is 47.3 Å². The van der Waals surface area contributed by atoms with Gasteiger partial charge in [-0.1, -0.05) is 6.92 Å². The lowest BCUT2D eigenvalue weighted by Crippen LogP contribution is -2.63. The summed E-state index contributed by atoms with van der Waals surface area (Å²) in [5.41, 5.74) is 5.82. The van der Waals surface area contributed by atoms with E-state index in [0.29, 0.717) is 6.04 Å². The van der Waals surface area contributed by atoms with Crippen molar-refractivity contribution in [2.45, 2.75) is 44.9 Å². The van der Waals surface area contributed by atoms with E-state index in [9.17, 15) is 0 Å². The van der Waals surface area contributed by atoms with E-state index in [1.807, 2.05) is 0 Å². The second kappa shape index (κ2) is 3.73. The Balaban J connectivity index is 2.65. The number of rotatable bonds is 2. The zero-order chi connectivity index (χ0) is 9.19. The summed E-state index contributed by atoms with van der Waals surface area (Å²) in [6.45, 7) is 8.04. The van der Waals surface area contributed by atoms with Crippen LogP contribution in [0.4, 0.5) is 0 Å². The van der Waals surface area contributed by atoms with Gasteiger partial charge in [-0.05, 0) is 20.3 Å². The van der Waals surface area contributed by atoms with Crippen LogP contribution in [0.25, 0.3) is 0 Å². The van der Waals surface area contributed by atoms with E-state index in [1.165, 1.54) is 0 Å². The third kappa shape index (κ3) is 1.63. The van der Waals surface area contributed by atoms with Crippen molar-refractivity contribution in [1.29, 1.82) is 0 Å². The van der Waals surface area contributed by atoms with E-state index in [0.717, 1.165) is 19.6 Å². The molecular weight excluding hydrogens is 152 g/mol. The van der Waals surface area contributed by atoms with Crippen molar-refractivity contribution in [3.05, 3.63) is 0 Å². The number of hydrogen-bond acceptors (Lipinski definition) is 3. The molecule has 3 nitrogen and oxygen atoms in total. The van der Waals surface area contributed by atoms with Gasteiger partial charge in [0.15, 0.2) is 0 Å². The van der Waals surface area contributed by atoms with Crippen LogP contribution in [-0.4, -0.2) is 30.8 Å². The number of nitrogens with one attached hydrogen (secondary N) is 1. The van der Waals surface area contributed by atoms with Gasteiger partial charge in [-0.3, -0.25) is 0 Å². The molecule has 3 unspecified atom stereocenters. The van der Waals surface area contributed by atoms with E-state index in [-0.39, 0.29) is 11.6 Å². The monoisotopic (exact) mass is 172 g/mol. The molecule has 1 aliphatic rings. The van der Waals surface area contributed by atoms with Crippen molar-refractivity contribution in [2.75, 3.05) is 13.2 Å². The summed E-state index contributed by atoms with van der Waals surface area (Å²) in [6.07, 6.45) is 0.961. The fraction of sp³-hybridized carbons (Fsp3) is 1.00. The minimum absolute atomic E-state index is 0.125. The smallest absolute Gasteiger partial charge is 0.0954 e. The van der Waals surface area contributed by atoms with Gasteiger partial charge in [0.05, 0.1) is 12.2 Å². The van der Waals surface area contributed by atoms with E-state index in [2.05, 4.69) is 26.1 Å². The summed E-state index contributed by atoms with van der Waals surface area (Å²) in [5.74, 6) is 0. The zero-order valence-corrected chi connectivity index (χ0v) is 8.26. The number of nitrogens with two attached hydrogens (primary N) is 1. The second-order valence-corrected chi connectivity index (χ2v) is 3.72. The maximum atomic E-state index is 6.01. The van der Waals surface area contributed by atoms with Gasteiger partial charge < -0.3 is 15.8 Å². The fourth-order valence-corrected chi connectivity index (χ4v) is 1.71. The standard InChI is InChI=1S/C9H20N2O/c1-4-8(10)9(3)7(2)11-5-6-12-9/h7-8,11H,4-6,10H2,1-3H3. The molecule has 1 fully saturated rings. The van der Waals surface area contributed by atoms with Crippen molar-refractivity contribution >= 4 is 0 Å². The van der Waals surface area contributed by atoms with E-state index in [4.69, 9.17) is 10.5 Å². The van der Waals surface area contributed by atoms with Gasteiger partial charge in [0.2, 0.25) is 0 Å².